The molecule has 1 aliphatic heterocycles. The summed E-state index contributed by atoms with van der Waals surface area (Å²) in [4.78, 5) is 2.56. The Bertz CT molecular complexity index is 867. The summed E-state index contributed by atoms with van der Waals surface area (Å²) in [6, 6.07) is 16.6. The van der Waals surface area contributed by atoms with E-state index in [-0.39, 0.29) is 6.04 Å². The van der Waals surface area contributed by atoms with E-state index in [1.807, 2.05) is 18.2 Å². The number of anilines is 1. The Morgan fingerprint density at radius 1 is 1.04 bits per heavy atom. The molecule has 0 bridgehead atoms. The Labute approximate surface area is 154 Å². The number of allylic oxidation sites excluding steroid dienone is 1. The smallest absolute Gasteiger partial charge is 0.0923 e. The Kier molecular flexibility index (Phi) is 4.52. The molecule has 2 nitrogen and oxygen atoms in total. The van der Waals surface area contributed by atoms with Crippen LogP contribution < -0.4 is 5.01 Å². The molecule has 5 heteroatoms. The molecule has 1 aromatic carbocycles. The van der Waals surface area contributed by atoms with Gasteiger partial charge in [-0.05, 0) is 53.2 Å². The first-order valence-electron chi connectivity index (χ1n) is 7.67. The molecule has 0 fully saturated rings. The van der Waals surface area contributed by atoms with Crippen LogP contribution in [0.15, 0.2) is 70.5 Å². The Hall–Kier alpha value is -1.88. The maximum Gasteiger partial charge on any atom is 0.0923 e. The number of benzene rings is 1. The SMILES string of the molecule is Clc1cccc(N2N=C(/C=C/c3cccs3)CC2c2cccs2)c1. The van der Waals surface area contributed by atoms with Crippen molar-refractivity contribution in [3.8, 4) is 0 Å². The summed E-state index contributed by atoms with van der Waals surface area (Å²) in [5.41, 5.74) is 2.11. The van der Waals surface area contributed by atoms with E-state index in [1.54, 1.807) is 22.7 Å². The second-order valence-electron chi connectivity index (χ2n) is 5.50. The molecule has 1 atom stereocenters. The van der Waals surface area contributed by atoms with Gasteiger partial charge < -0.3 is 0 Å². The molecule has 3 heterocycles. The highest BCUT2D eigenvalue weighted by atomic mass is 35.5. The molecule has 0 radical (unpaired) electrons. The third kappa shape index (κ3) is 3.31. The lowest BCUT2D eigenvalue weighted by Gasteiger charge is -2.22. The highest BCUT2D eigenvalue weighted by Crippen LogP contribution is 2.38. The first-order chi connectivity index (χ1) is 11.8. The van der Waals surface area contributed by atoms with Crippen molar-refractivity contribution in [1.82, 2.24) is 0 Å². The second-order valence-corrected chi connectivity index (χ2v) is 7.89. The molecule has 2 aromatic heterocycles. The van der Waals surface area contributed by atoms with Gasteiger partial charge in [-0.1, -0.05) is 29.8 Å². The molecule has 1 unspecified atom stereocenters. The summed E-state index contributed by atoms with van der Waals surface area (Å²) in [7, 11) is 0. The first kappa shape index (κ1) is 15.6. The van der Waals surface area contributed by atoms with Gasteiger partial charge in [0.15, 0.2) is 0 Å². The number of thiophene rings is 2. The van der Waals surface area contributed by atoms with Gasteiger partial charge in [-0.25, -0.2) is 0 Å². The zero-order valence-corrected chi connectivity index (χ0v) is 15.2. The molecule has 1 aliphatic rings. The number of halogens is 1. The molecule has 0 saturated carbocycles. The summed E-state index contributed by atoms with van der Waals surface area (Å²) in [6.07, 6.45) is 5.16. The van der Waals surface area contributed by atoms with Crippen LogP contribution in [0.2, 0.25) is 5.02 Å². The van der Waals surface area contributed by atoms with Gasteiger partial charge in [0.2, 0.25) is 0 Å². The lowest BCUT2D eigenvalue weighted by Crippen LogP contribution is -2.17. The average Bonchev–Trinajstić information content (AvgIpc) is 3.33. The fraction of sp³-hybridized carbons (Fsp3) is 0.105. The van der Waals surface area contributed by atoms with Crippen LogP contribution in [0.25, 0.3) is 6.08 Å². The molecular weight excluding hydrogens is 356 g/mol. The number of hydrogen-bond acceptors (Lipinski definition) is 4. The minimum Gasteiger partial charge on any atom is -0.257 e. The zero-order chi connectivity index (χ0) is 16.4. The normalized spacial score (nSPS) is 17.6. The van der Waals surface area contributed by atoms with E-state index in [4.69, 9.17) is 16.7 Å². The topological polar surface area (TPSA) is 15.6 Å². The summed E-state index contributed by atoms with van der Waals surface area (Å²) >= 11 is 9.68. The lowest BCUT2D eigenvalue weighted by atomic mass is 10.1. The Morgan fingerprint density at radius 3 is 2.67 bits per heavy atom. The van der Waals surface area contributed by atoms with Crippen molar-refractivity contribution in [3.63, 3.8) is 0 Å². The number of nitrogens with zero attached hydrogens (tertiary/aromatic N) is 2. The molecule has 4 rings (SSSR count). The van der Waals surface area contributed by atoms with Crippen molar-refractivity contribution in [3.05, 3.63) is 80.1 Å². The van der Waals surface area contributed by atoms with Gasteiger partial charge in [0.05, 0.1) is 17.4 Å². The van der Waals surface area contributed by atoms with E-state index in [9.17, 15) is 0 Å². The molecule has 0 saturated heterocycles. The quantitative estimate of drug-likeness (QED) is 0.512. The van der Waals surface area contributed by atoms with E-state index >= 15 is 0 Å². The van der Waals surface area contributed by atoms with Crippen LogP contribution in [-0.4, -0.2) is 5.71 Å². The van der Waals surface area contributed by atoms with E-state index in [2.05, 4.69) is 58.3 Å². The maximum atomic E-state index is 6.18. The predicted octanol–water partition coefficient (Wildman–Crippen LogP) is 6.48. The Morgan fingerprint density at radius 2 is 1.92 bits per heavy atom. The average molecular weight is 371 g/mol. The van der Waals surface area contributed by atoms with Gasteiger partial charge in [0.1, 0.15) is 0 Å². The first-order valence-corrected chi connectivity index (χ1v) is 9.80. The highest BCUT2D eigenvalue weighted by molar-refractivity contribution is 7.10. The third-order valence-corrected chi connectivity index (χ3v) is 5.91. The zero-order valence-electron chi connectivity index (χ0n) is 12.8. The number of rotatable bonds is 4. The largest absolute Gasteiger partial charge is 0.257 e. The molecule has 120 valence electrons. The molecule has 24 heavy (non-hydrogen) atoms. The van der Waals surface area contributed by atoms with Crippen LogP contribution >= 0.6 is 34.3 Å². The fourth-order valence-corrected chi connectivity index (χ4v) is 4.37. The Balaban J connectivity index is 1.66. The van der Waals surface area contributed by atoms with E-state index in [0.717, 1.165) is 22.8 Å². The summed E-state index contributed by atoms with van der Waals surface area (Å²) < 4.78 is 0. The predicted molar refractivity (Wildman–Crippen MR) is 106 cm³/mol. The summed E-state index contributed by atoms with van der Waals surface area (Å²) in [6.45, 7) is 0. The van der Waals surface area contributed by atoms with Crippen LogP contribution in [0, 0.1) is 0 Å². The summed E-state index contributed by atoms with van der Waals surface area (Å²) in [5.74, 6) is 0. The number of hydrazone groups is 1. The minimum absolute atomic E-state index is 0.228. The molecule has 0 N–H and O–H groups in total. The van der Waals surface area contributed by atoms with Gasteiger partial charge >= 0.3 is 0 Å². The van der Waals surface area contributed by atoms with Gasteiger partial charge in [-0.15, -0.1) is 22.7 Å². The van der Waals surface area contributed by atoms with Crippen molar-refractivity contribution in [2.24, 2.45) is 5.10 Å². The van der Waals surface area contributed by atoms with Gasteiger partial charge in [-0.2, -0.15) is 5.10 Å². The lowest BCUT2D eigenvalue weighted by molar-refractivity contribution is 0.722. The van der Waals surface area contributed by atoms with Crippen LogP contribution in [0.1, 0.15) is 22.2 Å². The number of hydrogen-bond donors (Lipinski definition) is 0. The fourth-order valence-electron chi connectivity index (χ4n) is 2.76. The van der Waals surface area contributed by atoms with Gasteiger partial charge in [-0.3, -0.25) is 5.01 Å². The van der Waals surface area contributed by atoms with E-state index in [0.29, 0.717) is 0 Å². The van der Waals surface area contributed by atoms with Crippen molar-refractivity contribution < 1.29 is 0 Å². The van der Waals surface area contributed by atoms with Crippen LogP contribution in [-0.2, 0) is 0 Å². The van der Waals surface area contributed by atoms with Crippen molar-refractivity contribution in [2.75, 3.05) is 5.01 Å². The minimum atomic E-state index is 0.228. The van der Waals surface area contributed by atoms with E-state index < -0.39 is 0 Å². The van der Waals surface area contributed by atoms with Crippen LogP contribution in [0.5, 0.6) is 0 Å². The summed E-state index contributed by atoms with van der Waals surface area (Å²) in [5, 5.41) is 11.9. The maximum absolute atomic E-state index is 6.18. The van der Waals surface area contributed by atoms with Crippen molar-refractivity contribution >= 4 is 51.7 Å². The standard InChI is InChI=1S/C19H15ClN2S2/c20-14-4-1-5-16(12-14)22-18(19-7-3-11-24-19)13-15(21-22)8-9-17-6-2-10-23-17/h1-12,18H,13H2/b9-8+. The molecule has 0 aliphatic carbocycles. The van der Waals surface area contributed by atoms with Crippen LogP contribution in [0.4, 0.5) is 5.69 Å². The third-order valence-electron chi connectivity index (χ3n) is 3.86. The van der Waals surface area contributed by atoms with Gasteiger partial charge in [0, 0.05) is 21.2 Å². The molecule has 0 spiro atoms. The molecular formula is C19H15ClN2S2. The van der Waals surface area contributed by atoms with E-state index in [1.165, 1.54) is 9.75 Å². The van der Waals surface area contributed by atoms with Crippen LogP contribution in [0.3, 0.4) is 0 Å². The molecule has 0 amide bonds. The van der Waals surface area contributed by atoms with Gasteiger partial charge in [0.25, 0.3) is 0 Å². The highest BCUT2D eigenvalue weighted by Gasteiger charge is 2.29. The van der Waals surface area contributed by atoms with Crippen molar-refractivity contribution in [2.45, 2.75) is 12.5 Å². The second kappa shape index (κ2) is 6.93. The monoisotopic (exact) mass is 370 g/mol. The van der Waals surface area contributed by atoms with Crippen molar-refractivity contribution in [1.29, 1.82) is 0 Å². The molecule has 3 aromatic rings.